The van der Waals surface area contributed by atoms with Crippen LogP contribution in [0.1, 0.15) is 47.7 Å². The Morgan fingerprint density at radius 2 is 1.93 bits per heavy atom. The van der Waals surface area contributed by atoms with Crippen LogP contribution in [0, 0.1) is 19.8 Å². The van der Waals surface area contributed by atoms with E-state index < -0.39 is 0 Å². The van der Waals surface area contributed by atoms with Gasteiger partial charge in [0.25, 0.3) is 0 Å². The van der Waals surface area contributed by atoms with E-state index in [1.54, 1.807) is 16.2 Å². The lowest BCUT2D eigenvalue weighted by atomic mass is 9.96. The lowest BCUT2D eigenvalue weighted by molar-refractivity contribution is -0.138. The summed E-state index contributed by atoms with van der Waals surface area (Å²) < 4.78 is 0. The zero-order chi connectivity index (χ0) is 20.1. The van der Waals surface area contributed by atoms with E-state index >= 15 is 0 Å². The van der Waals surface area contributed by atoms with E-state index in [-0.39, 0.29) is 23.6 Å². The maximum Gasteiger partial charge on any atom is 0.224 e. The van der Waals surface area contributed by atoms with Gasteiger partial charge in [0.05, 0.1) is 16.6 Å². The molecule has 1 aromatic rings. The number of rotatable bonds is 8. The zero-order valence-electron chi connectivity index (χ0n) is 16.8. The molecule has 7 nitrogen and oxygen atoms in total. The first-order valence-electron chi connectivity index (χ1n) is 10.2. The minimum absolute atomic E-state index is 0.0252. The van der Waals surface area contributed by atoms with Gasteiger partial charge in [0.15, 0.2) is 0 Å². The highest BCUT2D eigenvalue weighted by Crippen LogP contribution is 2.19. The quantitative estimate of drug-likeness (QED) is 0.712. The first kappa shape index (κ1) is 20.8. The second-order valence-corrected chi connectivity index (χ2v) is 8.99. The van der Waals surface area contributed by atoms with Crippen molar-refractivity contribution in [2.45, 2.75) is 52.4 Å². The van der Waals surface area contributed by atoms with Gasteiger partial charge in [-0.3, -0.25) is 14.4 Å². The molecule has 154 valence electrons. The summed E-state index contributed by atoms with van der Waals surface area (Å²) in [6, 6.07) is 0. The van der Waals surface area contributed by atoms with Crippen molar-refractivity contribution in [1.29, 1.82) is 0 Å². The van der Waals surface area contributed by atoms with Crippen LogP contribution in [0.2, 0.25) is 0 Å². The molecule has 1 unspecified atom stereocenters. The normalized spacial score (nSPS) is 20.1. The number of carbonyl (C=O) groups excluding carboxylic acids is 3. The molecule has 1 aromatic heterocycles. The zero-order valence-corrected chi connectivity index (χ0v) is 17.6. The molecule has 3 amide bonds. The molecule has 2 aliphatic rings. The number of hydrogen-bond donors (Lipinski definition) is 1. The standard InChI is InChI=1S/C20H30N4O3S/c1-14-15(2)28-17(22-14)8-9-21-20(27)16-6-7-19(26)24(13-16)12-4-11-23-10-3-5-18(23)25/h16H,3-13H2,1-2H3,(H,21,27). The maximum absolute atomic E-state index is 12.5. The molecule has 3 rings (SSSR count). The molecule has 0 saturated carbocycles. The number of amides is 3. The van der Waals surface area contributed by atoms with Gasteiger partial charge >= 0.3 is 0 Å². The van der Waals surface area contributed by atoms with Crippen molar-refractivity contribution in [2.24, 2.45) is 5.92 Å². The van der Waals surface area contributed by atoms with Crippen molar-refractivity contribution in [3.63, 3.8) is 0 Å². The molecular formula is C20H30N4O3S. The smallest absolute Gasteiger partial charge is 0.224 e. The largest absolute Gasteiger partial charge is 0.355 e. The Hall–Kier alpha value is -1.96. The molecule has 1 atom stereocenters. The van der Waals surface area contributed by atoms with Gasteiger partial charge in [0.1, 0.15) is 0 Å². The van der Waals surface area contributed by atoms with Gasteiger partial charge in [0.2, 0.25) is 17.7 Å². The number of aryl methyl sites for hydroxylation is 2. The van der Waals surface area contributed by atoms with Gasteiger partial charge < -0.3 is 15.1 Å². The van der Waals surface area contributed by atoms with Gasteiger partial charge in [0, 0.05) is 56.9 Å². The Morgan fingerprint density at radius 1 is 1.18 bits per heavy atom. The van der Waals surface area contributed by atoms with Crippen LogP contribution in [-0.4, -0.2) is 65.2 Å². The SMILES string of the molecule is Cc1nc(CCNC(=O)C2CCC(=O)N(CCCN3CCCC3=O)C2)sc1C. The first-order valence-corrected chi connectivity index (χ1v) is 11.0. The average molecular weight is 407 g/mol. The minimum atomic E-state index is -0.147. The number of thiazole rings is 1. The highest BCUT2D eigenvalue weighted by atomic mass is 32.1. The van der Waals surface area contributed by atoms with E-state index in [9.17, 15) is 14.4 Å². The first-order chi connectivity index (χ1) is 13.4. The Kier molecular flexibility index (Phi) is 7.04. The van der Waals surface area contributed by atoms with Crippen LogP contribution in [0.5, 0.6) is 0 Å². The molecule has 0 radical (unpaired) electrons. The molecule has 0 aromatic carbocycles. The van der Waals surface area contributed by atoms with Gasteiger partial charge in [-0.2, -0.15) is 0 Å². The van der Waals surface area contributed by atoms with Gasteiger partial charge in [-0.15, -0.1) is 11.3 Å². The second-order valence-electron chi connectivity index (χ2n) is 7.70. The van der Waals surface area contributed by atoms with Crippen LogP contribution in [0.25, 0.3) is 0 Å². The van der Waals surface area contributed by atoms with Crippen molar-refractivity contribution in [3.05, 3.63) is 15.6 Å². The third-order valence-corrected chi connectivity index (χ3v) is 6.74. The fourth-order valence-electron chi connectivity index (χ4n) is 3.82. The summed E-state index contributed by atoms with van der Waals surface area (Å²) in [7, 11) is 0. The number of piperidine rings is 1. The van der Waals surface area contributed by atoms with E-state index in [4.69, 9.17) is 0 Å². The summed E-state index contributed by atoms with van der Waals surface area (Å²) in [5.74, 6) is 0.210. The van der Waals surface area contributed by atoms with Gasteiger partial charge in [-0.1, -0.05) is 0 Å². The van der Waals surface area contributed by atoms with E-state index in [0.29, 0.717) is 45.4 Å². The number of nitrogens with one attached hydrogen (secondary N) is 1. The molecule has 2 saturated heterocycles. The molecule has 8 heteroatoms. The second kappa shape index (κ2) is 9.49. The number of aromatic nitrogens is 1. The van der Waals surface area contributed by atoms with E-state index in [1.165, 1.54) is 4.88 Å². The number of nitrogens with zero attached hydrogens (tertiary/aromatic N) is 3. The Balaban J connectivity index is 1.40. The number of likely N-dealkylation sites (tertiary alicyclic amines) is 2. The van der Waals surface area contributed by atoms with E-state index in [0.717, 1.165) is 36.5 Å². The molecule has 2 fully saturated rings. The lowest BCUT2D eigenvalue weighted by Gasteiger charge is -2.32. The molecule has 0 spiro atoms. The Labute approximate surface area is 170 Å². The third-order valence-electron chi connectivity index (χ3n) is 5.61. The van der Waals surface area contributed by atoms with Crippen molar-refractivity contribution < 1.29 is 14.4 Å². The maximum atomic E-state index is 12.5. The van der Waals surface area contributed by atoms with Crippen molar-refractivity contribution in [2.75, 3.05) is 32.7 Å². The molecule has 0 aliphatic carbocycles. The summed E-state index contributed by atoms with van der Waals surface area (Å²) in [6.07, 6.45) is 4.13. The van der Waals surface area contributed by atoms with Crippen LogP contribution in [0.15, 0.2) is 0 Å². The molecule has 1 N–H and O–H groups in total. The fourth-order valence-corrected chi connectivity index (χ4v) is 4.75. The van der Waals surface area contributed by atoms with Gasteiger partial charge in [-0.05, 0) is 33.1 Å². The average Bonchev–Trinajstić information content (AvgIpc) is 3.21. The van der Waals surface area contributed by atoms with Crippen LogP contribution >= 0.6 is 11.3 Å². The summed E-state index contributed by atoms with van der Waals surface area (Å²) >= 11 is 1.68. The summed E-state index contributed by atoms with van der Waals surface area (Å²) in [6.45, 7) is 7.26. The van der Waals surface area contributed by atoms with Crippen LogP contribution in [-0.2, 0) is 20.8 Å². The van der Waals surface area contributed by atoms with Crippen molar-refractivity contribution >= 4 is 29.1 Å². The summed E-state index contributed by atoms with van der Waals surface area (Å²) in [5.41, 5.74) is 1.06. The van der Waals surface area contributed by atoms with E-state index in [1.807, 2.05) is 11.8 Å². The predicted molar refractivity (Wildman–Crippen MR) is 108 cm³/mol. The molecule has 28 heavy (non-hydrogen) atoms. The third kappa shape index (κ3) is 5.31. The monoisotopic (exact) mass is 406 g/mol. The number of hydrogen-bond acceptors (Lipinski definition) is 5. The highest BCUT2D eigenvalue weighted by molar-refractivity contribution is 7.11. The van der Waals surface area contributed by atoms with Crippen LogP contribution in [0.3, 0.4) is 0 Å². The van der Waals surface area contributed by atoms with Crippen LogP contribution in [0.4, 0.5) is 0 Å². The molecule has 2 aliphatic heterocycles. The fraction of sp³-hybridized carbons (Fsp3) is 0.700. The van der Waals surface area contributed by atoms with Crippen LogP contribution < -0.4 is 5.32 Å². The summed E-state index contributed by atoms with van der Waals surface area (Å²) in [4.78, 5) is 45.8. The summed E-state index contributed by atoms with van der Waals surface area (Å²) in [5, 5.41) is 4.06. The van der Waals surface area contributed by atoms with Crippen molar-refractivity contribution in [3.8, 4) is 0 Å². The predicted octanol–water partition coefficient (Wildman–Crippen LogP) is 1.67. The van der Waals surface area contributed by atoms with Crippen molar-refractivity contribution in [1.82, 2.24) is 20.1 Å². The lowest BCUT2D eigenvalue weighted by Crippen LogP contribution is -2.46. The number of carbonyl (C=O) groups is 3. The molecule has 0 bridgehead atoms. The topological polar surface area (TPSA) is 82.6 Å². The molecule has 3 heterocycles. The van der Waals surface area contributed by atoms with E-state index in [2.05, 4.69) is 17.2 Å². The Morgan fingerprint density at radius 3 is 2.61 bits per heavy atom. The Bertz CT molecular complexity index is 714. The highest BCUT2D eigenvalue weighted by Gasteiger charge is 2.30. The minimum Gasteiger partial charge on any atom is -0.355 e. The van der Waals surface area contributed by atoms with Gasteiger partial charge in [-0.25, -0.2) is 4.98 Å². The molecular weight excluding hydrogens is 376 g/mol.